The van der Waals surface area contributed by atoms with E-state index in [1.165, 1.54) is 0 Å². The maximum absolute atomic E-state index is 12.9. The Bertz CT molecular complexity index is 514. The van der Waals surface area contributed by atoms with Gasteiger partial charge in [-0.2, -0.15) is 0 Å². The second kappa shape index (κ2) is 5.85. The number of benzene rings is 1. The van der Waals surface area contributed by atoms with Crippen LogP contribution in [0.25, 0.3) is 6.08 Å². The summed E-state index contributed by atoms with van der Waals surface area (Å²) in [6, 6.07) is 1.10. The lowest BCUT2D eigenvalue weighted by Crippen LogP contribution is -2.00. The van der Waals surface area contributed by atoms with E-state index in [2.05, 4.69) is 4.74 Å². The molecular formula is C11H9F2NO4. The lowest BCUT2D eigenvalue weighted by atomic mass is 10.1. The van der Waals surface area contributed by atoms with Crippen molar-refractivity contribution in [2.45, 2.75) is 6.92 Å². The second-order valence-corrected chi connectivity index (χ2v) is 3.17. The monoisotopic (exact) mass is 257 g/mol. The summed E-state index contributed by atoms with van der Waals surface area (Å²) in [7, 11) is 0. The van der Waals surface area contributed by atoms with Crippen molar-refractivity contribution in [1.82, 2.24) is 0 Å². The van der Waals surface area contributed by atoms with Gasteiger partial charge in [0.2, 0.25) is 0 Å². The van der Waals surface area contributed by atoms with Gasteiger partial charge in [-0.05, 0) is 19.1 Å². The van der Waals surface area contributed by atoms with E-state index in [4.69, 9.17) is 0 Å². The minimum Gasteiger partial charge on any atom is -0.463 e. The normalized spacial score (nSPS) is 10.6. The van der Waals surface area contributed by atoms with Crippen LogP contribution in [0.1, 0.15) is 12.5 Å². The number of halogens is 2. The van der Waals surface area contributed by atoms with Crippen molar-refractivity contribution in [3.63, 3.8) is 0 Å². The van der Waals surface area contributed by atoms with E-state index >= 15 is 0 Å². The first kappa shape index (κ1) is 13.8. The molecule has 0 unspecified atom stereocenters. The molecule has 0 heterocycles. The molecule has 0 spiro atoms. The van der Waals surface area contributed by atoms with E-state index in [1.807, 2.05) is 0 Å². The molecule has 96 valence electrons. The summed E-state index contributed by atoms with van der Waals surface area (Å²) in [5.74, 6) is -3.28. The molecular weight excluding hydrogens is 248 g/mol. The fourth-order valence-corrected chi connectivity index (χ4v) is 1.19. The molecule has 1 aromatic rings. The van der Waals surface area contributed by atoms with Crippen LogP contribution in [-0.2, 0) is 9.53 Å². The molecule has 0 aliphatic carbocycles. The molecule has 0 saturated carbocycles. The maximum Gasteiger partial charge on any atom is 0.330 e. The van der Waals surface area contributed by atoms with Crippen molar-refractivity contribution in [2.24, 2.45) is 0 Å². The van der Waals surface area contributed by atoms with Gasteiger partial charge in [0.25, 0.3) is 5.69 Å². The maximum atomic E-state index is 12.9. The number of esters is 1. The van der Waals surface area contributed by atoms with E-state index < -0.39 is 28.2 Å². The third-order valence-electron chi connectivity index (χ3n) is 1.95. The van der Waals surface area contributed by atoms with Crippen LogP contribution in [0.2, 0.25) is 0 Å². The highest BCUT2D eigenvalue weighted by atomic mass is 19.2. The first-order valence-electron chi connectivity index (χ1n) is 4.94. The molecule has 0 saturated heterocycles. The van der Waals surface area contributed by atoms with Crippen molar-refractivity contribution in [2.75, 3.05) is 6.61 Å². The Labute approximate surface area is 101 Å². The molecule has 0 amide bonds. The number of ether oxygens (including phenoxy) is 1. The second-order valence-electron chi connectivity index (χ2n) is 3.17. The molecule has 0 bridgehead atoms. The number of carbonyl (C=O) groups excluding carboxylic acids is 1. The molecule has 1 rings (SSSR count). The number of rotatable bonds is 4. The number of nitro benzene ring substituents is 1. The summed E-state index contributed by atoms with van der Waals surface area (Å²) in [5, 5.41) is 10.6. The average Bonchev–Trinajstić information content (AvgIpc) is 2.30. The Morgan fingerprint density at radius 2 is 2.06 bits per heavy atom. The summed E-state index contributed by atoms with van der Waals surface area (Å²) >= 11 is 0. The van der Waals surface area contributed by atoms with Crippen molar-refractivity contribution in [3.05, 3.63) is 45.5 Å². The number of carbonyl (C=O) groups is 1. The quantitative estimate of drug-likeness (QED) is 0.359. The Hall–Kier alpha value is -2.31. The third-order valence-corrected chi connectivity index (χ3v) is 1.95. The van der Waals surface area contributed by atoms with Crippen LogP contribution in [0, 0.1) is 21.7 Å². The van der Waals surface area contributed by atoms with E-state index in [0.717, 1.165) is 12.2 Å². The zero-order chi connectivity index (χ0) is 13.7. The zero-order valence-electron chi connectivity index (χ0n) is 9.35. The molecule has 0 atom stereocenters. The first-order valence-corrected chi connectivity index (χ1v) is 4.94. The van der Waals surface area contributed by atoms with Gasteiger partial charge in [0.15, 0.2) is 11.6 Å². The van der Waals surface area contributed by atoms with E-state index in [0.29, 0.717) is 12.1 Å². The van der Waals surface area contributed by atoms with Gasteiger partial charge in [-0.3, -0.25) is 10.1 Å². The highest BCUT2D eigenvalue weighted by molar-refractivity contribution is 5.87. The van der Waals surface area contributed by atoms with Crippen molar-refractivity contribution in [3.8, 4) is 0 Å². The predicted octanol–water partition coefficient (Wildman–Crippen LogP) is 2.45. The molecule has 0 aliphatic heterocycles. The summed E-state index contributed by atoms with van der Waals surface area (Å²) in [6.45, 7) is 1.73. The lowest BCUT2D eigenvalue weighted by molar-refractivity contribution is -0.385. The number of nitrogens with zero attached hydrogens (tertiary/aromatic N) is 1. The highest BCUT2D eigenvalue weighted by Gasteiger charge is 2.16. The average molecular weight is 257 g/mol. The largest absolute Gasteiger partial charge is 0.463 e. The minimum atomic E-state index is -1.32. The molecule has 18 heavy (non-hydrogen) atoms. The summed E-state index contributed by atoms with van der Waals surface area (Å²) in [6.07, 6.45) is 1.90. The standard InChI is InChI=1S/C11H9F2NO4/c1-2-18-11(15)4-3-7-5-8(12)9(13)6-10(7)14(16)17/h3-6H,2H2,1H3. The molecule has 5 nitrogen and oxygen atoms in total. The van der Waals surface area contributed by atoms with Crippen LogP contribution in [0.4, 0.5) is 14.5 Å². The molecule has 0 fully saturated rings. The lowest BCUT2D eigenvalue weighted by Gasteiger charge is -1.99. The minimum absolute atomic E-state index is 0.142. The Morgan fingerprint density at radius 3 is 2.61 bits per heavy atom. The van der Waals surface area contributed by atoms with Gasteiger partial charge < -0.3 is 4.74 Å². The van der Waals surface area contributed by atoms with E-state index in [1.54, 1.807) is 6.92 Å². The van der Waals surface area contributed by atoms with Crippen molar-refractivity contribution in [1.29, 1.82) is 0 Å². The van der Waals surface area contributed by atoms with Gasteiger partial charge in [-0.25, -0.2) is 13.6 Å². The molecule has 7 heteroatoms. The van der Waals surface area contributed by atoms with Crippen molar-refractivity contribution < 1.29 is 23.2 Å². The van der Waals surface area contributed by atoms with Gasteiger partial charge in [-0.1, -0.05) is 0 Å². The zero-order valence-corrected chi connectivity index (χ0v) is 9.35. The molecule has 1 aromatic carbocycles. The number of hydrogen-bond acceptors (Lipinski definition) is 4. The highest BCUT2D eigenvalue weighted by Crippen LogP contribution is 2.23. The summed E-state index contributed by atoms with van der Waals surface area (Å²) < 4.78 is 30.3. The van der Waals surface area contributed by atoms with Crippen LogP contribution in [0.3, 0.4) is 0 Å². The van der Waals surface area contributed by atoms with Gasteiger partial charge >= 0.3 is 5.97 Å². The topological polar surface area (TPSA) is 69.4 Å². The van der Waals surface area contributed by atoms with Gasteiger partial charge in [0, 0.05) is 6.08 Å². The Kier molecular flexibility index (Phi) is 4.47. The number of nitro groups is 1. The Balaban J connectivity index is 3.11. The van der Waals surface area contributed by atoms with Crippen LogP contribution < -0.4 is 0 Å². The fourth-order valence-electron chi connectivity index (χ4n) is 1.19. The van der Waals surface area contributed by atoms with E-state index in [-0.39, 0.29) is 12.2 Å². The first-order chi connectivity index (χ1) is 8.45. The molecule has 0 N–H and O–H groups in total. The van der Waals surface area contributed by atoms with Gasteiger partial charge in [-0.15, -0.1) is 0 Å². The molecule has 0 aromatic heterocycles. The van der Waals surface area contributed by atoms with Gasteiger partial charge in [0.1, 0.15) is 0 Å². The molecule has 0 aliphatic rings. The van der Waals surface area contributed by atoms with Crippen LogP contribution in [0.15, 0.2) is 18.2 Å². The third kappa shape index (κ3) is 3.34. The van der Waals surface area contributed by atoms with Crippen LogP contribution >= 0.6 is 0 Å². The smallest absolute Gasteiger partial charge is 0.330 e. The van der Waals surface area contributed by atoms with E-state index in [9.17, 15) is 23.7 Å². The van der Waals surface area contributed by atoms with Gasteiger partial charge in [0.05, 0.1) is 23.2 Å². The van der Waals surface area contributed by atoms with Crippen LogP contribution in [-0.4, -0.2) is 17.5 Å². The summed E-state index contributed by atoms with van der Waals surface area (Å²) in [5.41, 5.74) is -0.846. The summed E-state index contributed by atoms with van der Waals surface area (Å²) in [4.78, 5) is 20.8. The fraction of sp³-hybridized carbons (Fsp3) is 0.182. The Morgan fingerprint density at radius 1 is 1.44 bits per heavy atom. The van der Waals surface area contributed by atoms with Crippen LogP contribution in [0.5, 0.6) is 0 Å². The van der Waals surface area contributed by atoms with Crippen molar-refractivity contribution >= 4 is 17.7 Å². The predicted molar refractivity (Wildman–Crippen MR) is 58.7 cm³/mol. The molecule has 0 radical (unpaired) electrons. The number of hydrogen-bond donors (Lipinski definition) is 0. The SMILES string of the molecule is CCOC(=O)C=Cc1cc(F)c(F)cc1[N+](=O)[O-].